The van der Waals surface area contributed by atoms with Crippen molar-refractivity contribution in [1.29, 1.82) is 0 Å². The van der Waals surface area contributed by atoms with Gasteiger partial charge in [0.1, 0.15) is 12.4 Å². The SMILES string of the molecule is Cc1nc(-c2ccc(C(=O)NCCOc3ccc4nnc(-c5ccc(F)cc5)n4n3)cc2)no1. The first kappa shape index (κ1) is 21.2. The highest BCUT2D eigenvalue weighted by atomic mass is 19.1. The van der Waals surface area contributed by atoms with Gasteiger partial charge in [0.2, 0.25) is 17.6 Å². The summed E-state index contributed by atoms with van der Waals surface area (Å²) in [4.78, 5) is 16.6. The molecule has 1 N–H and O–H groups in total. The van der Waals surface area contributed by atoms with E-state index in [0.29, 0.717) is 40.2 Å². The van der Waals surface area contributed by atoms with Crippen LogP contribution in [0.2, 0.25) is 0 Å². The van der Waals surface area contributed by atoms with Gasteiger partial charge in [0, 0.05) is 29.7 Å². The molecule has 0 radical (unpaired) electrons. The standard InChI is InChI=1S/C23H18FN7O3/c1-14-26-21(30-34-14)15-2-4-17(5-3-15)23(32)25-12-13-33-20-11-10-19-27-28-22(31(19)29-20)16-6-8-18(24)9-7-16/h2-11H,12-13H2,1H3,(H,25,32). The molecule has 0 aliphatic rings. The highest BCUT2D eigenvalue weighted by Crippen LogP contribution is 2.19. The largest absolute Gasteiger partial charge is 0.475 e. The lowest BCUT2D eigenvalue weighted by Crippen LogP contribution is -2.28. The van der Waals surface area contributed by atoms with Gasteiger partial charge < -0.3 is 14.6 Å². The number of amides is 1. The van der Waals surface area contributed by atoms with E-state index >= 15 is 0 Å². The summed E-state index contributed by atoms with van der Waals surface area (Å²) in [6, 6.07) is 16.2. The minimum absolute atomic E-state index is 0.207. The van der Waals surface area contributed by atoms with E-state index in [1.807, 2.05) is 0 Å². The van der Waals surface area contributed by atoms with Gasteiger partial charge in [-0.05, 0) is 42.5 Å². The van der Waals surface area contributed by atoms with Crippen LogP contribution in [0, 0.1) is 12.7 Å². The first-order chi connectivity index (χ1) is 16.6. The molecule has 0 unspecified atom stereocenters. The number of nitrogens with zero attached hydrogens (tertiary/aromatic N) is 6. The van der Waals surface area contributed by atoms with Crippen LogP contribution < -0.4 is 10.1 Å². The number of carbonyl (C=O) groups excluding carboxylic acids is 1. The van der Waals surface area contributed by atoms with Crippen molar-refractivity contribution in [2.24, 2.45) is 0 Å². The number of ether oxygens (including phenoxy) is 1. The molecule has 0 bridgehead atoms. The molecule has 3 aromatic heterocycles. The molecule has 10 nitrogen and oxygen atoms in total. The molecule has 170 valence electrons. The van der Waals surface area contributed by atoms with Crippen LogP contribution in [0.4, 0.5) is 4.39 Å². The number of aryl methyl sites for hydroxylation is 1. The van der Waals surface area contributed by atoms with Crippen LogP contribution in [-0.2, 0) is 0 Å². The summed E-state index contributed by atoms with van der Waals surface area (Å²) in [5.74, 6) is 1.17. The Bertz CT molecular complexity index is 1450. The Morgan fingerprint density at radius 3 is 2.53 bits per heavy atom. The van der Waals surface area contributed by atoms with Crippen LogP contribution in [-0.4, -0.2) is 49.0 Å². The number of benzene rings is 2. The number of nitrogens with one attached hydrogen (secondary N) is 1. The molecule has 3 heterocycles. The molecule has 34 heavy (non-hydrogen) atoms. The second kappa shape index (κ2) is 9.06. The zero-order chi connectivity index (χ0) is 23.5. The third-order valence-electron chi connectivity index (χ3n) is 4.91. The molecule has 2 aromatic carbocycles. The lowest BCUT2D eigenvalue weighted by molar-refractivity contribution is 0.0946. The second-order valence-electron chi connectivity index (χ2n) is 7.29. The van der Waals surface area contributed by atoms with Gasteiger partial charge in [0.25, 0.3) is 5.91 Å². The minimum Gasteiger partial charge on any atom is -0.475 e. The Morgan fingerprint density at radius 2 is 1.79 bits per heavy atom. The fraction of sp³-hybridized carbons (Fsp3) is 0.130. The van der Waals surface area contributed by atoms with Gasteiger partial charge in [0.15, 0.2) is 11.5 Å². The average molecular weight is 459 g/mol. The molecular formula is C23H18FN7O3. The molecule has 0 saturated carbocycles. The van der Waals surface area contributed by atoms with Crippen molar-refractivity contribution >= 4 is 11.6 Å². The maximum atomic E-state index is 13.2. The smallest absolute Gasteiger partial charge is 0.251 e. The van der Waals surface area contributed by atoms with Crippen LogP contribution in [0.3, 0.4) is 0 Å². The average Bonchev–Trinajstić information content (AvgIpc) is 3.48. The Kier molecular flexibility index (Phi) is 5.65. The third-order valence-corrected chi connectivity index (χ3v) is 4.91. The van der Waals surface area contributed by atoms with Crippen LogP contribution in [0.25, 0.3) is 28.4 Å². The summed E-state index contributed by atoms with van der Waals surface area (Å²) in [6.45, 7) is 2.20. The summed E-state index contributed by atoms with van der Waals surface area (Å²) in [6.07, 6.45) is 0. The number of hydrogen-bond donors (Lipinski definition) is 1. The zero-order valence-electron chi connectivity index (χ0n) is 18.0. The normalized spacial score (nSPS) is 11.0. The van der Waals surface area contributed by atoms with Crippen molar-refractivity contribution in [2.45, 2.75) is 6.92 Å². The summed E-state index contributed by atoms with van der Waals surface area (Å²) in [5, 5.41) is 19.2. The van der Waals surface area contributed by atoms with Crippen LogP contribution in [0.5, 0.6) is 5.88 Å². The van der Waals surface area contributed by atoms with Crippen molar-refractivity contribution in [3.8, 4) is 28.7 Å². The summed E-state index contributed by atoms with van der Waals surface area (Å²) in [7, 11) is 0. The Labute approximate surface area is 192 Å². The molecule has 1 amide bonds. The van der Waals surface area contributed by atoms with Crippen LogP contribution >= 0.6 is 0 Å². The van der Waals surface area contributed by atoms with E-state index in [1.54, 1.807) is 55.5 Å². The topological polar surface area (TPSA) is 120 Å². The maximum Gasteiger partial charge on any atom is 0.251 e. The molecule has 0 atom stereocenters. The van der Waals surface area contributed by atoms with Gasteiger partial charge in [-0.3, -0.25) is 4.79 Å². The Hall–Kier alpha value is -4.67. The lowest BCUT2D eigenvalue weighted by atomic mass is 10.1. The quantitative estimate of drug-likeness (QED) is 0.369. The number of fused-ring (bicyclic) bond motifs is 1. The van der Waals surface area contributed by atoms with Crippen molar-refractivity contribution in [3.05, 3.63) is 77.9 Å². The van der Waals surface area contributed by atoms with Gasteiger partial charge in [-0.1, -0.05) is 17.3 Å². The van der Waals surface area contributed by atoms with Crippen LogP contribution in [0.15, 0.2) is 65.2 Å². The third kappa shape index (κ3) is 4.44. The van der Waals surface area contributed by atoms with Crippen LogP contribution in [0.1, 0.15) is 16.2 Å². The number of rotatable bonds is 7. The second-order valence-corrected chi connectivity index (χ2v) is 7.29. The van der Waals surface area contributed by atoms with E-state index in [0.717, 1.165) is 5.56 Å². The van der Waals surface area contributed by atoms with E-state index in [2.05, 4.69) is 30.8 Å². The predicted molar refractivity (Wildman–Crippen MR) is 118 cm³/mol. The number of halogens is 1. The fourth-order valence-electron chi connectivity index (χ4n) is 3.24. The van der Waals surface area contributed by atoms with E-state index in [4.69, 9.17) is 9.26 Å². The van der Waals surface area contributed by atoms with E-state index in [9.17, 15) is 9.18 Å². The zero-order valence-corrected chi connectivity index (χ0v) is 18.0. The predicted octanol–water partition coefficient (Wildman–Crippen LogP) is 3.10. The van der Waals surface area contributed by atoms with Crippen molar-refractivity contribution in [2.75, 3.05) is 13.2 Å². The minimum atomic E-state index is -0.338. The van der Waals surface area contributed by atoms with E-state index in [-0.39, 0.29) is 24.9 Å². The molecule has 0 fully saturated rings. The lowest BCUT2D eigenvalue weighted by Gasteiger charge is -2.08. The highest BCUT2D eigenvalue weighted by Gasteiger charge is 2.12. The van der Waals surface area contributed by atoms with Gasteiger partial charge in [-0.2, -0.15) is 9.50 Å². The monoisotopic (exact) mass is 459 g/mol. The molecule has 5 rings (SSSR count). The molecular weight excluding hydrogens is 441 g/mol. The fourth-order valence-corrected chi connectivity index (χ4v) is 3.24. The van der Waals surface area contributed by atoms with Gasteiger partial charge in [-0.25, -0.2) is 4.39 Å². The van der Waals surface area contributed by atoms with E-state index in [1.165, 1.54) is 16.6 Å². The summed E-state index contributed by atoms with van der Waals surface area (Å²) < 4.78 is 25.4. The Morgan fingerprint density at radius 1 is 1.03 bits per heavy atom. The number of aromatic nitrogens is 6. The van der Waals surface area contributed by atoms with Gasteiger partial charge >= 0.3 is 0 Å². The van der Waals surface area contributed by atoms with Gasteiger partial charge in [0.05, 0.1) is 6.54 Å². The van der Waals surface area contributed by atoms with Crippen molar-refractivity contribution in [1.82, 2.24) is 35.3 Å². The maximum absolute atomic E-state index is 13.2. The molecule has 5 aromatic rings. The number of carbonyl (C=O) groups is 1. The summed E-state index contributed by atoms with van der Waals surface area (Å²) >= 11 is 0. The molecule has 0 aliphatic heterocycles. The van der Waals surface area contributed by atoms with Gasteiger partial charge in [-0.15, -0.1) is 15.3 Å². The van der Waals surface area contributed by atoms with Crippen molar-refractivity contribution in [3.63, 3.8) is 0 Å². The molecule has 0 spiro atoms. The molecule has 0 saturated heterocycles. The first-order valence-corrected chi connectivity index (χ1v) is 10.4. The molecule has 0 aliphatic carbocycles. The highest BCUT2D eigenvalue weighted by molar-refractivity contribution is 5.94. The first-order valence-electron chi connectivity index (χ1n) is 10.4. The van der Waals surface area contributed by atoms with E-state index < -0.39 is 0 Å². The van der Waals surface area contributed by atoms with Crippen molar-refractivity contribution < 1.29 is 18.4 Å². The Balaban J connectivity index is 1.18. The molecule has 11 heteroatoms. The summed E-state index contributed by atoms with van der Waals surface area (Å²) in [5.41, 5.74) is 2.45. The number of hydrogen-bond acceptors (Lipinski definition) is 8.